The summed E-state index contributed by atoms with van der Waals surface area (Å²) in [5.74, 6) is -10.6. The highest BCUT2D eigenvalue weighted by Gasteiger charge is 2.26. The van der Waals surface area contributed by atoms with Crippen molar-refractivity contribution in [2.75, 3.05) is 12.8 Å². The Hall–Kier alpha value is -6.66. The molecule has 0 spiro atoms. The van der Waals surface area contributed by atoms with Crippen LogP contribution in [0.4, 0.5) is 32.0 Å². The number of nitrogen functional groups attached to an aromatic ring is 1. The van der Waals surface area contributed by atoms with Gasteiger partial charge in [-0.1, -0.05) is 31.7 Å². The van der Waals surface area contributed by atoms with Crippen LogP contribution in [0.5, 0.6) is 11.5 Å². The van der Waals surface area contributed by atoms with E-state index in [0.29, 0.717) is 0 Å². The number of nitrogens with two attached hydrogens (primary N) is 1. The van der Waals surface area contributed by atoms with Crippen molar-refractivity contribution in [3.63, 3.8) is 0 Å². The average Bonchev–Trinajstić information content (AvgIpc) is 3.78. The minimum atomic E-state index is -1.41. The second-order valence-electron chi connectivity index (χ2n) is 12.0. The van der Waals surface area contributed by atoms with E-state index in [9.17, 15) is 55.7 Å². The number of ketones is 1. The Morgan fingerprint density at radius 1 is 0.644 bits per heavy atom. The molecule has 0 atom stereocenters. The predicted octanol–water partition coefficient (Wildman–Crippen LogP) is 10.2. The third-order valence-electron chi connectivity index (χ3n) is 8.13. The van der Waals surface area contributed by atoms with Gasteiger partial charge in [0.2, 0.25) is 0 Å². The van der Waals surface area contributed by atoms with Gasteiger partial charge < -0.3 is 30.9 Å². The number of hydrogen-bond donors (Lipinski definition) is 5. The lowest BCUT2D eigenvalue weighted by atomic mass is 9.98. The molecule has 18 heteroatoms. The lowest BCUT2D eigenvalue weighted by Gasteiger charge is -2.07. The average molecular weight is 862 g/mol. The molecule has 0 saturated carbocycles. The SMILES string of the molecule is C.COC(=O)c1c(N)csc1-c1ccc(C)c(F)c1F.Cc1ccc(-c2scc(CC(=O)c3cc(F)ccc3O)c2C(=O)O)c(F)c1F.O=C(O)c1cc(F)ccc1O. The summed E-state index contributed by atoms with van der Waals surface area (Å²) in [6, 6.07) is 11.1. The molecule has 0 fully saturated rings. The highest BCUT2D eigenvalue weighted by Crippen LogP contribution is 2.38. The highest BCUT2D eigenvalue weighted by molar-refractivity contribution is 7.14. The Bertz CT molecular complexity index is 2570. The van der Waals surface area contributed by atoms with Crippen LogP contribution in [-0.4, -0.2) is 51.2 Å². The number of benzene rings is 4. The molecule has 4 aromatic carbocycles. The van der Waals surface area contributed by atoms with Gasteiger partial charge in [-0.05, 0) is 72.3 Å². The third kappa shape index (κ3) is 10.5. The summed E-state index contributed by atoms with van der Waals surface area (Å²) in [5.41, 5.74) is 4.97. The number of phenolic OH excluding ortho intramolecular Hbond substituents is 1. The number of aryl methyl sites for hydroxylation is 2. The Kier molecular flexibility index (Phi) is 15.6. The van der Waals surface area contributed by atoms with Crippen LogP contribution in [0, 0.1) is 48.8 Å². The molecule has 310 valence electrons. The van der Waals surface area contributed by atoms with Crippen molar-refractivity contribution in [3.05, 3.63) is 145 Å². The quantitative estimate of drug-likeness (QED) is 0.0561. The van der Waals surface area contributed by atoms with E-state index in [2.05, 4.69) is 4.74 Å². The first-order valence-corrected chi connectivity index (χ1v) is 18.0. The van der Waals surface area contributed by atoms with Crippen molar-refractivity contribution in [1.29, 1.82) is 0 Å². The first-order valence-electron chi connectivity index (χ1n) is 16.2. The van der Waals surface area contributed by atoms with E-state index in [1.54, 1.807) is 0 Å². The van der Waals surface area contributed by atoms with Gasteiger partial charge in [0.25, 0.3) is 0 Å². The summed E-state index contributed by atoms with van der Waals surface area (Å²) in [7, 11) is 1.20. The van der Waals surface area contributed by atoms with E-state index >= 15 is 0 Å². The zero-order chi connectivity index (χ0) is 43.2. The molecule has 0 bridgehead atoms. The van der Waals surface area contributed by atoms with Crippen molar-refractivity contribution in [1.82, 2.24) is 0 Å². The smallest absolute Gasteiger partial charge is 0.341 e. The van der Waals surface area contributed by atoms with Crippen LogP contribution < -0.4 is 5.73 Å². The third-order valence-corrected chi connectivity index (χ3v) is 10.2. The van der Waals surface area contributed by atoms with E-state index in [-0.39, 0.29) is 67.4 Å². The number of rotatable bonds is 8. The fraction of sp³-hybridized carbons (Fsp3) is 0.122. The van der Waals surface area contributed by atoms with Gasteiger partial charge in [-0.15, -0.1) is 22.7 Å². The molecule has 0 amide bonds. The molecule has 6 rings (SSSR count). The molecule has 0 radical (unpaired) electrons. The lowest BCUT2D eigenvalue weighted by molar-refractivity contribution is 0.0601. The number of halogens is 6. The van der Waals surface area contributed by atoms with Crippen molar-refractivity contribution >= 4 is 52.1 Å². The molecule has 6 N–H and O–H groups in total. The Balaban J connectivity index is 0.000000259. The maximum absolute atomic E-state index is 14.3. The van der Waals surface area contributed by atoms with Gasteiger partial charge >= 0.3 is 17.9 Å². The van der Waals surface area contributed by atoms with Crippen molar-refractivity contribution < 1.29 is 70.7 Å². The maximum Gasteiger partial charge on any atom is 0.341 e. The van der Waals surface area contributed by atoms with Gasteiger partial charge in [-0.3, -0.25) is 4.79 Å². The Morgan fingerprint density at radius 2 is 1.10 bits per heavy atom. The molecular formula is C41H33F6NO9S2. The van der Waals surface area contributed by atoms with Crippen LogP contribution in [0.3, 0.4) is 0 Å². The fourth-order valence-corrected chi connectivity index (χ4v) is 7.21. The standard InChI is InChI=1S/C20H13F3O4S.C13H11F2NO2S.C7H5FO3.CH4/c1-9-2-4-12(18(23)17(9)22)19-16(20(26)27)10(8-28-19)6-15(25)13-7-11(21)3-5-14(13)24;1-6-3-4-7(11(15)10(6)14)12-9(13(17)18-2)8(16)5-19-12;8-4-1-2-6(9)5(3-4)7(10)11;/h2-5,7-8,24H,6H2,1H3,(H,26,27);3-5H,16H2,1-2H3;1-3,9H,(H,10,11);1H4. The molecule has 2 heterocycles. The molecule has 10 nitrogen and oxygen atoms in total. The number of carboxylic acid groups (broad SMARTS) is 2. The van der Waals surface area contributed by atoms with Crippen LogP contribution in [-0.2, 0) is 11.2 Å². The molecule has 0 aliphatic carbocycles. The molecule has 0 aliphatic heterocycles. The number of methoxy groups -OCH3 is 1. The number of carbonyl (C=O) groups is 4. The van der Waals surface area contributed by atoms with Crippen LogP contribution in [0.25, 0.3) is 20.9 Å². The summed E-state index contributed by atoms with van der Waals surface area (Å²) in [6.45, 7) is 2.84. The number of phenols is 2. The van der Waals surface area contributed by atoms with Crippen LogP contribution in [0.1, 0.15) is 65.5 Å². The molecule has 0 unspecified atom stereocenters. The first kappa shape index (κ1) is 46.7. The fourth-order valence-electron chi connectivity index (χ4n) is 5.16. The molecular weight excluding hydrogens is 829 g/mol. The van der Waals surface area contributed by atoms with E-state index in [0.717, 1.165) is 59.1 Å². The largest absolute Gasteiger partial charge is 0.507 e. The number of carboxylic acids is 2. The summed E-state index contributed by atoms with van der Waals surface area (Å²) in [5, 5.41) is 39.4. The van der Waals surface area contributed by atoms with Crippen molar-refractivity contribution in [2.45, 2.75) is 27.7 Å². The number of esters is 1. The van der Waals surface area contributed by atoms with Gasteiger partial charge in [0, 0.05) is 22.9 Å². The van der Waals surface area contributed by atoms with Crippen molar-refractivity contribution in [2.24, 2.45) is 0 Å². The van der Waals surface area contributed by atoms with Crippen LogP contribution in [0.15, 0.2) is 71.4 Å². The number of thiophene rings is 2. The molecule has 2 aromatic heterocycles. The van der Waals surface area contributed by atoms with Crippen LogP contribution >= 0.6 is 22.7 Å². The number of Topliss-reactive ketones (excluding diaryl/α,β-unsaturated/α-hetero) is 1. The summed E-state index contributed by atoms with van der Waals surface area (Å²) in [4.78, 5) is 46.3. The minimum Gasteiger partial charge on any atom is -0.507 e. The summed E-state index contributed by atoms with van der Waals surface area (Å²) >= 11 is 1.92. The molecule has 0 saturated heterocycles. The Labute approximate surface area is 340 Å². The lowest BCUT2D eigenvalue weighted by Crippen LogP contribution is -2.09. The molecule has 59 heavy (non-hydrogen) atoms. The minimum absolute atomic E-state index is 0. The van der Waals surface area contributed by atoms with Crippen molar-refractivity contribution in [3.8, 4) is 32.4 Å². The number of carbonyl (C=O) groups excluding carboxylic acids is 2. The zero-order valence-electron chi connectivity index (χ0n) is 30.1. The topological polar surface area (TPSA) is 184 Å². The van der Waals surface area contributed by atoms with E-state index in [1.807, 2.05) is 0 Å². The van der Waals surface area contributed by atoms with Gasteiger partial charge in [0.05, 0.1) is 33.7 Å². The highest BCUT2D eigenvalue weighted by atomic mass is 32.1. The second kappa shape index (κ2) is 19.7. The van der Waals surface area contributed by atoms with Gasteiger partial charge in [-0.25, -0.2) is 40.7 Å². The van der Waals surface area contributed by atoms with E-state index in [4.69, 9.17) is 15.9 Å². The van der Waals surface area contributed by atoms with Gasteiger partial charge in [-0.2, -0.15) is 0 Å². The number of ether oxygens (including phenoxy) is 1. The zero-order valence-corrected chi connectivity index (χ0v) is 31.8. The van der Waals surface area contributed by atoms with E-state index in [1.165, 1.54) is 56.0 Å². The van der Waals surface area contributed by atoms with Gasteiger partial charge in [0.1, 0.15) is 34.3 Å². The molecule has 6 aromatic rings. The number of hydrogen-bond acceptors (Lipinski definition) is 10. The summed E-state index contributed by atoms with van der Waals surface area (Å²) < 4.78 is 86.0. The monoisotopic (exact) mass is 861 g/mol. The van der Waals surface area contributed by atoms with Gasteiger partial charge in [0.15, 0.2) is 29.1 Å². The normalized spacial score (nSPS) is 10.3. The maximum atomic E-state index is 14.3. The van der Waals surface area contributed by atoms with E-state index < -0.39 is 82.1 Å². The number of aromatic hydroxyl groups is 2. The number of anilines is 1. The Morgan fingerprint density at radius 3 is 1.56 bits per heavy atom. The molecule has 0 aliphatic rings. The second-order valence-corrected chi connectivity index (χ2v) is 13.8. The van der Waals surface area contributed by atoms with Crippen LogP contribution in [0.2, 0.25) is 0 Å². The summed E-state index contributed by atoms with van der Waals surface area (Å²) in [6.07, 6.45) is -0.453. The first-order chi connectivity index (χ1) is 27.3. The predicted molar refractivity (Wildman–Crippen MR) is 209 cm³/mol. The number of aromatic carboxylic acids is 2.